The molecule has 1 saturated carbocycles. The average molecular weight is 254 g/mol. The van der Waals surface area contributed by atoms with Crippen molar-refractivity contribution in [2.75, 3.05) is 6.54 Å². The molecule has 3 N–H and O–H groups in total. The van der Waals surface area contributed by atoms with Gasteiger partial charge in [0.25, 0.3) is 5.69 Å². The van der Waals surface area contributed by atoms with Crippen molar-refractivity contribution in [3.8, 4) is 5.75 Å². The SMILES string of the molecule is NCC1(c2cc([N+](=O)[O-])cc(F)c2O)CCCC1. The molecule has 18 heavy (non-hydrogen) atoms. The highest BCUT2D eigenvalue weighted by molar-refractivity contribution is 5.48. The molecule has 1 aliphatic carbocycles. The Morgan fingerprint density at radius 3 is 2.56 bits per heavy atom. The van der Waals surface area contributed by atoms with Crippen molar-refractivity contribution in [1.29, 1.82) is 0 Å². The van der Waals surface area contributed by atoms with Gasteiger partial charge in [0, 0.05) is 23.6 Å². The molecule has 0 heterocycles. The van der Waals surface area contributed by atoms with Gasteiger partial charge in [-0.05, 0) is 12.8 Å². The van der Waals surface area contributed by atoms with Gasteiger partial charge in [-0.2, -0.15) is 0 Å². The van der Waals surface area contributed by atoms with E-state index in [9.17, 15) is 19.6 Å². The molecule has 1 fully saturated rings. The van der Waals surface area contributed by atoms with Crippen molar-refractivity contribution < 1.29 is 14.4 Å². The number of nitrogens with zero attached hydrogens (tertiary/aromatic N) is 1. The molecule has 1 aromatic rings. The lowest BCUT2D eigenvalue weighted by atomic mass is 9.78. The Morgan fingerprint density at radius 2 is 2.06 bits per heavy atom. The number of rotatable bonds is 3. The van der Waals surface area contributed by atoms with Gasteiger partial charge in [-0.3, -0.25) is 10.1 Å². The fourth-order valence-electron chi connectivity index (χ4n) is 2.73. The maximum Gasteiger partial charge on any atom is 0.272 e. The molecule has 1 aromatic carbocycles. The molecule has 5 nitrogen and oxygen atoms in total. The van der Waals surface area contributed by atoms with E-state index in [4.69, 9.17) is 5.73 Å². The minimum absolute atomic E-state index is 0.251. The molecule has 0 unspecified atom stereocenters. The van der Waals surface area contributed by atoms with Crippen LogP contribution in [-0.4, -0.2) is 16.6 Å². The van der Waals surface area contributed by atoms with Crippen LogP contribution >= 0.6 is 0 Å². The normalized spacial score (nSPS) is 17.9. The van der Waals surface area contributed by atoms with E-state index in [0.29, 0.717) is 0 Å². The number of phenols is 1. The van der Waals surface area contributed by atoms with E-state index in [0.717, 1.165) is 31.7 Å². The highest BCUT2D eigenvalue weighted by Gasteiger charge is 2.38. The van der Waals surface area contributed by atoms with Crippen molar-refractivity contribution in [2.45, 2.75) is 31.1 Å². The topological polar surface area (TPSA) is 89.4 Å². The summed E-state index contributed by atoms with van der Waals surface area (Å²) in [6.45, 7) is 0.251. The third-order valence-electron chi connectivity index (χ3n) is 3.78. The van der Waals surface area contributed by atoms with Gasteiger partial charge in [0.05, 0.1) is 11.0 Å². The summed E-state index contributed by atoms with van der Waals surface area (Å²) in [5, 5.41) is 20.6. The Labute approximate surface area is 104 Å². The van der Waals surface area contributed by atoms with Crippen LogP contribution in [0, 0.1) is 15.9 Å². The molecule has 6 heteroatoms. The first-order valence-electron chi connectivity index (χ1n) is 5.87. The molecular formula is C12H15FN2O3. The Bertz CT molecular complexity index is 484. The summed E-state index contributed by atoms with van der Waals surface area (Å²) in [4.78, 5) is 10.1. The van der Waals surface area contributed by atoms with Crippen LogP contribution in [0.25, 0.3) is 0 Å². The Hall–Kier alpha value is -1.69. The highest BCUT2D eigenvalue weighted by atomic mass is 19.1. The number of hydrogen-bond acceptors (Lipinski definition) is 4. The number of benzene rings is 1. The standard InChI is InChI=1S/C12H15FN2O3/c13-10-6-8(15(17)18)5-9(11(10)16)12(7-14)3-1-2-4-12/h5-6,16H,1-4,7,14H2. The van der Waals surface area contributed by atoms with Gasteiger partial charge in [0.1, 0.15) is 0 Å². The maximum absolute atomic E-state index is 13.6. The van der Waals surface area contributed by atoms with Gasteiger partial charge in [-0.1, -0.05) is 12.8 Å². The van der Waals surface area contributed by atoms with E-state index >= 15 is 0 Å². The zero-order chi connectivity index (χ0) is 13.3. The van der Waals surface area contributed by atoms with Gasteiger partial charge in [-0.25, -0.2) is 4.39 Å². The van der Waals surface area contributed by atoms with E-state index in [1.165, 1.54) is 6.07 Å². The number of phenolic OH excluding ortho intramolecular Hbond substituents is 1. The molecule has 0 spiro atoms. The van der Waals surface area contributed by atoms with E-state index in [1.54, 1.807) is 0 Å². The van der Waals surface area contributed by atoms with Crippen LogP contribution in [0.5, 0.6) is 5.75 Å². The number of aromatic hydroxyl groups is 1. The van der Waals surface area contributed by atoms with Crippen LogP contribution in [-0.2, 0) is 5.41 Å². The number of nitrogens with two attached hydrogens (primary N) is 1. The first-order valence-corrected chi connectivity index (χ1v) is 5.87. The molecule has 0 saturated heterocycles. The first-order chi connectivity index (χ1) is 8.50. The summed E-state index contributed by atoms with van der Waals surface area (Å²) in [7, 11) is 0. The zero-order valence-corrected chi connectivity index (χ0v) is 9.86. The van der Waals surface area contributed by atoms with Crippen LogP contribution < -0.4 is 5.73 Å². The van der Waals surface area contributed by atoms with Crippen LogP contribution in [0.4, 0.5) is 10.1 Å². The summed E-state index contributed by atoms with van der Waals surface area (Å²) in [6, 6.07) is 1.98. The molecule has 0 bridgehead atoms. The number of halogens is 1. The van der Waals surface area contributed by atoms with Gasteiger partial charge in [-0.15, -0.1) is 0 Å². The van der Waals surface area contributed by atoms with E-state index < -0.39 is 21.9 Å². The van der Waals surface area contributed by atoms with Crippen molar-refractivity contribution in [3.05, 3.63) is 33.6 Å². The zero-order valence-electron chi connectivity index (χ0n) is 9.86. The summed E-state index contributed by atoms with van der Waals surface area (Å²) in [5.74, 6) is -1.47. The first kappa shape index (κ1) is 12.8. The Balaban J connectivity index is 2.58. The highest BCUT2D eigenvalue weighted by Crippen LogP contribution is 2.45. The fraction of sp³-hybridized carbons (Fsp3) is 0.500. The third kappa shape index (κ3) is 1.92. The predicted octanol–water partition coefficient (Wildman–Crippen LogP) is 2.21. The van der Waals surface area contributed by atoms with Gasteiger partial charge in [0.15, 0.2) is 11.6 Å². The number of hydrogen-bond donors (Lipinski definition) is 2. The third-order valence-corrected chi connectivity index (χ3v) is 3.78. The summed E-state index contributed by atoms with van der Waals surface area (Å²) < 4.78 is 13.6. The second-order valence-corrected chi connectivity index (χ2v) is 4.77. The smallest absolute Gasteiger partial charge is 0.272 e. The lowest BCUT2D eigenvalue weighted by Gasteiger charge is -2.28. The summed E-state index contributed by atoms with van der Waals surface area (Å²) in [6.07, 6.45) is 3.30. The minimum Gasteiger partial charge on any atom is -0.505 e. The van der Waals surface area contributed by atoms with Crippen molar-refractivity contribution in [1.82, 2.24) is 0 Å². The molecule has 98 valence electrons. The Kier molecular flexibility index (Phi) is 3.21. The van der Waals surface area contributed by atoms with Crippen LogP contribution in [0.3, 0.4) is 0 Å². The lowest BCUT2D eigenvalue weighted by Crippen LogP contribution is -2.32. The van der Waals surface area contributed by atoms with Gasteiger partial charge < -0.3 is 10.8 Å². The number of non-ortho nitro benzene ring substituents is 1. The molecule has 0 radical (unpaired) electrons. The average Bonchev–Trinajstić information content (AvgIpc) is 2.82. The lowest BCUT2D eigenvalue weighted by molar-refractivity contribution is -0.385. The molecule has 0 atom stereocenters. The second kappa shape index (κ2) is 4.53. The summed E-state index contributed by atoms with van der Waals surface area (Å²) in [5.41, 5.74) is 5.14. The van der Waals surface area contributed by atoms with Crippen molar-refractivity contribution in [3.63, 3.8) is 0 Å². The molecule has 1 aliphatic rings. The van der Waals surface area contributed by atoms with E-state index in [-0.39, 0.29) is 17.8 Å². The van der Waals surface area contributed by atoms with Gasteiger partial charge in [0.2, 0.25) is 0 Å². The Morgan fingerprint density at radius 1 is 1.44 bits per heavy atom. The minimum atomic E-state index is -0.959. The fourth-order valence-corrected chi connectivity index (χ4v) is 2.73. The monoisotopic (exact) mass is 254 g/mol. The van der Waals surface area contributed by atoms with E-state index in [2.05, 4.69) is 0 Å². The number of nitro groups is 1. The van der Waals surface area contributed by atoms with Crippen molar-refractivity contribution >= 4 is 5.69 Å². The second-order valence-electron chi connectivity index (χ2n) is 4.77. The molecule has 0 aromatic heterocycles. The molecule has 2 rings (SSSR count). The van der Waals surface area contributed by atoms with Crippen LogP contribution in [0.1, 0.15) is 31.2 Å². The maximum atomic E-state index is 13.6. The molecule has 0 aliphatic heterocycles. The number of nitro benzene ring substituents is 1. The van der Waals surface area contributed by atoms with Crippen LogP contribution in [0.2, 0.25) is 0 Å². The van der Waals surface area contributed by atoms with Crippen molar-refractivity contribution in [2.24, 2.45) is 5.73 Å². The molecule has 0 amide bonds. The predicted molar refractivity (Wildman–Crippen MR) is 63.9 cm³/mol. The quantitative estimate of drug-likeness (QED) is 0.639. The molecular weight excluding hydrogens is 239 g/mol. The van der Waals surface area contributed by atoms with Gasteiger partial charge >= 0.3 is 0 Å². The van der Waals surface area contributed by atoms with E-state index in [1.807, 2.05) is 0 Å². The largest absolute Gasteiger partial charge is 0.505 e. The van der Waals surface area contributed by atoms with Crippen LogP contribution in [0.15, 0.2) is 12.1 Å². The summed E-state index contributed by atoms with van der Waals surface area (Å²) >= 11 is 0.